The van der Waals surface area contributed by atoms with Gasteiger partial charge < -0.3 is 15.0 Å². The van der Waals surface area contributed by atoms with Crippen molar-refractivity contribution in [2.45, 2.75) is 33.1 Å². The zero-order valence-electron chi connectivity index (χ0n) is 14.6. The smallest absolute Gasteiger partial charge is 0.260 e. The van der Waals surface area contributed by atoms with Crippen molar-refractivity contribution < 1.29 is 9.53 Å². The van der Waals surface area contributed by atoms with E-state index in [0.717, 1.165) is 55.5 Å². The van der Waals surface area contributed by atoms with E-state index in [1.165, 1.54) is 6.42 Å². The van der Waals surface area contributed by atoms with Crippen LogP contribution in [0.5, 0.6) is 5.75 Å². The number of carbonyl (C=O) groups excluding carboxylic acids is 1. The summed E-state index contributed by atoms with van der Waals surface area (Å²) >= 11 is 0. The second-order valence-corrected chi connectivity index (χ2v) is 6.13. The first kappa shape index (κ1) is 19.8. The molecule has 2 rings (SSSR count). The van der Waals surface area contributed by atoms with Crippen molar-refractivity contribution in [3.8, 4) is 5.75 Å². The molecule has 0 unspecified atom stereocenters. The van der Waals surface area contributed by atoms with Crippen molar-refractivity contribution in [3.05, 3.63) is 11.4 Å². The molecule has 1 amide bonds. The summed E-state index contributed by atoms with van der Waals surface area (Å²) in [5, 5.41) is 7.49. The van der Waals surface area contributed by atoms with Gasteiger partial charge in [-0.1, -0.05) is 0 Å². The van der Waals surface area contributed by atoms with Crippen LogP contribution < -0.4 is 10.1 Å². The largest absolute Gasteiger partial charge is 0.480 e. The van der Waals surface area contributed by atoms with Gasteiger partial charge in [0.1, 0.15) is 5.69 Å². The van der Waals surface area contributed by atoms with Crippen LogP contribution in [-0.2, 0) is 11.8 Å². The number of hydrogen-bond donors (Lipinski definition) is 1. The molecule has 0 saturated carbocycles. The van der Waals surface area contributed by atoms with Crippen LogP contribution in [0.15, 0.2) is 0 Å². The average molecular weight is 345 g/mol. The number of piperidine rings is 1. The normalized spacial score (nSPS) is 15.4. The molecule has 1 N–H and O–H groups in total. The Hall–Kier alpha value is -1.27. The molecule has 1 aromatic heterocycles. The van der Waals surface area contributed by atoms with E-state index in [1.54, 1.807) is 4.68 Å². The molecule has 1 fully saturated rings. The van der Waals surface area contributed by atoms with E-state index in [4.69, 9.17) is 4.74 Å². The molecule has 0 atom stereocenters. The summed E-state index contributed by atoms with van der Waals surface area (Å²) < 4.78 is 7.49. The summed E-state index contributed by atoms with van der Waals surface area (Å²) in [5.74, 6) is 1.55. The molecule has 1 aliphatic rings. The van der Waals surface area contributed by atoms with E-state index in [1.807, 2.05) is 32.8 Å². The maximum absolute atomic E-state index is 12.3. The highest BCUT2D eigenvalue weighted by Gasteiger charge is 2.23. The van der Waals surface area contributed by atoms with Crippen LogP contribution in [0.3, 0.4) is 0 Å². The molecule has 0 bridgehead atoms. The first-order valence-corrected chi connectivity index (χ1v) is 8.08. The van der Waals surface area contributed by atoms with Gasteiger partial charge in [0.05, 0.1) is 5.69 Å². The standard InChI is InChI=1S/C16H28N4O2.ClH/c1-12-16(13(2)19(4)18-12)22-11-15(21)20-9-6-14(7-10-20)5-8-17-3;/h14,17H,5-11H2,1-4H3;1H. The number of aromatic nitrogens is 2. The summed E-state index contributed by atoms with van der Waals surface area (Å²) in [6.07, 6.45) is 3.39. The average Bonchev–Trinajstić information content (AvgIpc) is 2.76. The van der Waals surface area contributed by atoms with Gasteiger partial charge in [-0.3, -0.25) is 9.48 Å². The van der Waals surface area contributed by atoms with E-state index >= 15 is 0 Å². The van der Waals surface area contributed by atoms with Gasteiger partial charge in [0.2, 0.25) is 0 Å². The third-order valence-corrected chi connectivity index (χ3v) is 4.55. The van der Waals surface area contributed by atoms with Gasteiger partial charge in [-0.15, -0.1) is 12.4 Å². The third-order valence-electron chi connectivity index (χ3n) is 4.55. The fraction of sp³-hybridized carbons (Fsp3) is 0.750. The van der Waals surface area contributed by atoms with E-state index < -0.39 is 0 Å². The van der Waals surface area contributed by atoms with Crippen molar-refractivity contribution in [2.24, 2.45) is 13.0 Å². The summed E-state index contributed by atoms with van der Waals surface area (Å²) in [6, 6.07) is 0. The minimum atomic E-state index is 0. The molecule has 0 aliphatic carbocycles. The van der Waals surface area contributed by atoms with Crippen molar-refractivity contribution in [3.63, 3.8) is 0 Å². The Kier molecular flexibility index (Phi) is 7.85. The maximum Gasteiger partial charge on any atom is 0.260 e. The Balaban J connectivity index is 0.00000264. The number of ether oxygens (including phenoxy) is 1. The number of aryl methyl sites for hydroxylation is 2. The van der Waals surface area contributed by atoms with Crippen LogP contribution >= 0.6 is 12.4 Å². The molecule has 1 saturated heterocycles. The molecule has 23 heavy (non-hydrogen) atoms. The number of rotatable bonds is 6. The van der Waals surface area contributed by atoms with Crippen molar-refractivity contribution >= 4 is 18.3 Å². The van der Waals surface area contributed by atoms with Gasteiger partial charge in [0, 0.05) is 20.1 Å². The van der Waals surface area contributed by atoms with Crippen LogP contribution in [0, 0.1) is 19.8 Å². The summed E-state index contributed by atoms with van der Waals surface area (Å²) in [7, 11) is 3.87. The molecule has 1 aliphatic heterocycles. The molecule has 2 heterocycles. The van der Waals surface area contributed by atoms with E-state index in [2.05, 4.69) is 10.4 Å². The number of halogens is 1. The van der Waals surface area contributed by atoms with Gasteiger partial charge in [0.25, 0.3) is 5.91 Å². The molecular formula is C16H29ClN4O2. The summed E-state index contributed by atoms with van der Waals surface area (Å²) in [4.78, 5) is 14.2. The van der Waals surface area contributed by atoms with Gasteiger partial charge in [-0.2, -0.15) is 5.10 Å². The lowest BCUT2D eigenvalue weighted by molar-refractivity contribution is -0.134. The zero-order valence-corrected chi connectivity index (χ0v) is 15.4. The van der Waals surface area contributed by atoms with Crippen molar-refractivity contribution in [2.75, 3.05) is 33.3 Å². The molecular weight excluding hydrogens is 316 g/mol. The second kappa shape index (κ2) is 9.13. The highest BCUT2D eigenvalue weighted by molar-refractivity contribution is 5.85. The minimum Gasteiger partial charge on any atom is -0.480 e. The van der Waals surface area contributed by atoms with Gasteiger partial charge in [-0.05, 0) is 52.6 Å². The van der Waals surface area contributed by atoms with Crippen molar-refractivity contribution in [1.82, 2.24) is 20.0 Å². The lowest BCUT2D eigenvalue weighted by Gasteiger charge is -2.32. The molecule has 6 nitrogen and oxygen atoms in total. The fourth-order valence-corrected chi connectivity index (χ4v) is 3.01. The van der Waals surface area contributed by atoms with Crippen LogP contribution in [0.4, 0.5) is 0 Å². The van der Waals surface area contributed by atoms with Crippen LogP contribution in [-0.4, -0.2) is 53.9 Å². The first-order chi connectivity index (χ1) is 10.5. The molecule has 7 heteroatoms. The number of nitrogens with zero attached hydrogens (tertiary/aromatic N) is 3. The highest BCUT2D eigenvalue weighted by Crippen LogP contribution is 2.22. The summed E-state index contributed by atoms with van der Waals surface area (Å²) in [5.41, 5.74) is 1.79. The highest BCUT2D eigenvalue weighted by atomic mass is 35.5. The topological polar surface area (TPSA) is 59.4 Å². The quantitative estimate of drug-likeness (QED) is 0.853. The van der Waals surface area contributed by atoms with E-state index in [9.17, 15) is 4.79 Å². The Labute approximate surface area is 145 Å². The van der Waals surface area contributed by atoms with E-state index in [0.29, 0.717) is 0 Å². The summed E-state index contributed by atoms with van der Waals surface area (Å²) in [6.45, 7) is 6.71. The van der Waals surface area contributed by atoms with Crippen LogP contribution in [0.25, 0.3) is 0 Å². The number of hydrogen-bond acceptors (Lipinski definition) is 4. The van der Waals surface area contributed by atoms with E-state index in [-0.39, 0.29) is 24.9 Å². The van der Waals surface area contributed by atoms with Crippen LogP contribution in [0.2, 0.25) is 0 Å². The third kappa shape index (κ3) is 5.11. The first-order valence-electron chi connectivity index (χ1n) is 8.08. The Bertz CT molecular complexity index is 510. The minimum absolute atomic E-state index is 0. The molecule has 1 aromatic rings. The Morgan fingerprint density at radius 1 is 1.35 bits per heavy atom. The number of amides is 1. The zero-order chi connectivity index (χ0) is 16.1. The SMILES string of the molecule is CNCCC1CCN(C(=O)COc2c(C)nn(C)c2C)CC1.Cl. The molecule has 0 radical (unpaired) electrons. The number of carbonyl (C=O) groups is 1. The fourth-order valence-electron chi connectivity index (χ4n) is 3.01. The Morgan fingerprint density at radius 2 is 2.00 bits per heavy atom. The number of nitrogens with one attached hydrogen (secondary N) is 1. The Morgan fingerprint density at radius 3 is 2.52 bits per heavy atom. The maximum atomic E-state index is 12.3. The van der Waals surface area contributed by atoms with Gasteiger partial charge in [0.15, 0.2) is 12.4 Å². The number of likely N-dealkylation sites (tertiary alicyclic amines) is 1. The predicted molar refractivity (Wildman–Crippen MR) is 93.3 cm³/mol. The second-order valence-electron chi connectivity index (χ2n) is 6.13. The van der Waals surface area contributed by atoms with Crippen LogP contribution in [0.1, 0.15) is 30.7 Å². The predicted octanol–water partition coefficient (Wildman–Crippen LogP) is 1.69. The van der Waals surface area contributed by atoms with Crippen molar-refractivity contribution in [1.29, 1.82) is 0 Å². The molecule has 0 aromatic carbocycles. The monoisotopic (exact) mass is 344 g/mol. The lowest BCUT2D eigenvalue weighted by atomic mass is 9.93. The van der Waals surface area contributed by atoms with Gasteiger partial charge >= 0.3 is 0 Å². The molecule has 0 spiro atoms. The van der Waals surface area contributed by atoms with Gasteiger partial charge in [-0.25, -0.2) is 0 Å². The molecule has 132 valence electrons. The lowest BCUT2D eigenvalue weighted by Crippen LogP contribution is -2.41.